The van der Waals surface area contributed by atoms with Crippen molar-refractivity contribution in [2.75, 3.05) is 0 Å². The molecule has 0 aliphatic rings. The number of carbonyl (C=O) groups is 1. The second-order valence-electron chi connectivity index (χ2n) is 4.83. The molecule has 1 N–H and O–H groups in total. The molecule has 20 heavy (non-hydrogen) atoms. The molecule has 0 aliphatic heterocycles. The van der Waals surface area contributed by atoms with E-state index < -0.39 is 5.97 Å². The van der Waals surface area contributed by atoms with E-state index in [4.69, 9.17) is 9.84 Å². The molecule has 0 heterocycles. The maximum Gasteiger partial charge on any atom is 0.304 e. The quantitative estimate of drug-likeness (QED) is 0.768. The van der Waals surface area contributed by atoms with Crippen molar-refractivity contribution in [3.8, 4) is 17.6 Å². The minimum atomic E-state index is -0.838. The summed E-state index contributed by atoms with van der Waals surface area (Å²) in [6, 6.07) is 7.55. The van der Waals surface area contributed by atoms with Gasteiger partial charge in [-0.15, -0.1) is 5.92 Å². The van der Waals surface area contributed by atoms with Crippen LogP contribution in [0.4, 0.5) is 0 Å². The third kappa shape index (κ3) is 5.36. The highest BCUT2D eigenvalue weighted by Crippen LogP contribution is 2.23. The number of benzene rings is 1. The minimum Gasteiger partial charge on any atom is -0.491 e. The molecular formula is C17H22O3. The van der Waals surface area contributed by atoms with E-state index in [0.29, 0.717) is 0 Å². The first-order chi connectivity index (χ1) is 9.56. The van der Waals surface area contributed by atoms with Gasteiger partial charge in [-0.2, -0.15) is 0 Å². The van der Waals surface area contributed by atoms with E-state index in [-0.39, 0.29) is 18.4 Å². The van der Waals surface area contributed by atoms with Gasteiger partial charge in [0.2, 0.25) is 0 Å². The third-order valence-electron chi connectivity index (χ3n) is 3.01. The van der Waals surface area contributed by atoms with E-state index in [1.165, 1.54) is 0 Å². The number of carboxylic acids is 1. The van der Waals surface area contributed by atoms with Crippen LogP contribution in [0.25, 0.3) is 0 Å². The Bertz CT molecular complexity index is 479. The molecule has 0 saturated heterocycles. The summed E-state index contributed by atoms with van der Waals surface area (Å²) < 4.78 is 5.78. The van der Waals surface area contributed by atoms with Crippen LogP contribution in [-0.4, -0.2) is 17.2 Å². The summed E-state index contributed by atoms with van der Waals surface area (Å²) in [5.74, 6) is 5.44. The van der Waals surface area contributed by atoms with Gasteiger partial charge in [-0.25, -0.2) is 0 Å². The fraction of sp³-hybridized carbons (Fsp3) is 0.471. The van der Waals surface area contributed by atoms with Crippen molar-refractivity contribution in [2.24, 2.45) is 0 Å². The number of aliphatic carboxylic acids is 1. The molecule has 0 fully saturated rings. The molecule has 108 valence electrons. The smallest absolute Gasteiger partial charge is 0.304 e. The van der Waals surface area contributed by atoms with Gasteiger partial charge in [0.05, 0.1) is 18.4 Å². The molecule has 2 atom stereocenters. The fourth-order valence-corrected chi connectivity index (χ4v) is 2.08. The zero-order chi connectivity index (χ0) is 15.0. The van der Waals surface area contributed by atoms with Gasteiger partial charge in [0.25, 0.3) is 0 Å². The average Bonchev–Trinajstić information content (AvgIpc) is 2.39. The van der Waals surface area contributed by atoms with E-state index in [9.17, 15) is 4.79 Å². The average molecular weight is 274 g/mol. The van der Waals surface area contributed by atoms with Crippen LogP contribution >= 0.6 is 0 Å². The van der Waals surface area contributed by atoms with Gasteiger partial charge in [0.1, 0.15) is 5.75 Å². The monoisotopic (exact) mass is 274 g/mol. The van der Waals surface area contributed by atoms with Gasteiger partial charge in [0.15, 0.2) is 0 Å². The van der Waals surface area contributed by atoms with Crippen LogP contribution in [0, 0.1) is 11.8 Å². The van der Waals surface area contributed by atoms with Crippen LogP contribution < -0.4 is 4.74 Å². The van der Waals surface area contributed by atoms with E-state index in [2.05, 4.69) is 18.8 Å². The van der Waals surface area contributed by atoms with Gasteiger partial charge in [-0.3, -0.25) is 4.79 Å². The zero-order valence-corrected chi connectivity index (χ0v) is 12.3. The Morgan fingerprint density at radius 2 is 2.00 bits per heavy atom. The van der Waals surface area contributed by atoms with Crippen molar-refractivity contribution in [3.05, 3.63) is 29.8 Å². The Morgan fingerprint density at radius 3 is 2.50 bits per heavy atom. The SMILES string of the molecule is CC#C[C@@H](CC(=O)O)c1ccc(OC(C)CCC)cc1. The Balaban J connectivity index is 2.76. The molecule has 3 heteroatoms. The van der Waals surface area contributed by atoms with Crippen molar-refractivity contribution < 1.29 is 14.6 Å². The lowest BCUT2D eigenvalue weighted by Gasteiger charge is -2.15. The topological polar surface area (TPSA) is 46.5 Å². The van der Waals surface area contributed by atoms with E-state index in [0.717, 1.165) is 24.2 Å². The summed E-state index contributed by atoms with van der Waals surface area (Å²) >= 11 is 0. The van der Waals surface area contributed by atoms with Gasteiger partial charge in [-0.1, -0.05) is 31.4 Å². The highest BCUT2D eigenvalue weighted by atomic mass is 16.5. The van der Waals surface area contributed by atoms with Crippen LogP contribution in [0.3, 0.4) is 0 Å². The van der Waals surface area contributed by atoms with Crippen LogP contribution in [0.2, 0.25) is 0 Å². The van der Waals surface area contributed by atoms with Crippen molar-refractivity contribution in [1.29, 1.82) is 0 Å². The lowest BCUT2D eigenvalue weighted by molar-refractivity contribution is -0.137. The number of carboxylic acid groups (broad SMARTS) is 1. The van der Waals surface area contributed by atoms with E-state index in [1.54, 1.807) is 6.92 Å². The van der Waals surface area contributed by atoms with E-state index >= 15 is 0 Å². The third-order valence-corrected chi connectivity index (χ3v) is 3.01. The Morgan fingerprint density at radius 1 is 1.35 bits per heavy atom. The maximum atomic E-state index is 10.8. The second-order valence-corrected chi connectivity index (χ2v) is 4.83. The molecule has 0 aromatic heterocycles. The second kappa shape index (κ2) is 8.27. The van der Waals surface area contributed by atoms with Crippen molar-refractivity contribution in [1.82, 2.24) is 0 Å². The highest BCUT2D eigenvalue weighted by Gasteiger charge is 2.13. The van der Waals surface area contributed by atoms with Crippen molar-refractivity contribution >= 4 is 5.97 Å². The first-order valence-corrected chi connectivity index (χ1v) is 6.97. The number of rotatable bonds is 7. The zero-order valence-electron chi connectivity index (χ0n) is 12.3. The normalized spacial score (nSPS) is 12.9. The molecule has 1 rings (SSSR count). The number of ether oxygens (including phenoxy) is 1. The molecule has 1 aromatic carbocycles. The summed E-state index contributed by atoms with van der Waals surface area (Å²) in [7, 11) is 0. The van der Waals surface area contributed by atoms with E-state index in [1.807, 2.05) is 31.2 Å². The highest BCUT2D eigenvalue weighted by molar-refractivity contribution is 5.69. The van der Waals surface area contributed by atoms with Crippen LogP contribution in [0.1, 0.15) is 51.5 Å². The van der Waals surface area contributed by atoms with Crippen LogP contribution in [0.5, 0.6) is 5.75 Å². The summed E-state index contributed by atoms with van der Waals surface area (Å²) in [6.45, 7) is 5.90. The molecule has 3 nitrogen and oxygen atoms in total. The van der Waals surface area contributed by atoms with Gasteiger partial charge < -0.3 is 9.84 Å². The standard InChI is InChI=1S/C17H22O3/c1-4-6-13(3)20-16-10-8-14(9-11-16)15(7-5-2)12-17(18)19/h8-11,13,15H,4,6,12H2,1-3H3,(H,18,19)/t13?,15-/m0/s1. The van der Waals surface area contributed by atoms with Crippen LogP contribution in [-0.2, 0) is 4.79 Å². The lowest BCUT2D eigenvalue weighted by atomic mass is 9.96. The summed E-state index contributed by atoms with van der Waals surface area (Å²) in [5, 5.41) is 8.91. The summed E-state index contributed by atoms with van der Waals surface area (Å²) in [5.41, 5.74) is 0.914. The minimum absolute atomic E-state index is 0.0211. The lowest BCUT2D eigenvalue weighted by Crippen LogP contribution is -2.11. The fourth-order valence-electron chi connectivity index (χ4n) is 2.08. The molecule has 0 aliphatic carbocycles. The predicted octanol–water partition coefficient (Wildman–Crippen LogP) is 3.84. The summed E-state index contributed by atoms with van der Waals surface area (Å²) in [4.78, 5) is 10.8. The Hall–Kier alpha value is -1.95. The van der Waals surface area contributed by atoms with Gasteiger partial charge >= 0.3 is 5.97 Å². The van der Waals surface area contributed by atoms with Gasteiger partial charge in [0, 0.05) is 0 Å². The van der Waals surface area contributed by atoms with Gasteiger partial charge in [-0.05, 0) is 38.0 Å². The molecule has 1 unspecified atom stereocenters. The summed E-state index contributed by atoms with van der Waals surface area (Å²) in [6.07, 6.45) is 2.32. The van der Waals surface area contributed by atoms with Crippen LogP contribution in [0.15, 0.2) is 24.3 Å². The molecular weight excluding hydrogens is 252 g/mol. The molecule has 0 amide bonds. The Labute approximate surface area is 121 Å². The number of hydrogen-bond acceptors (Lipinski definition) is 2. The molecule has 0 spiro atoms. The number of hydrogen-bond donors (Lipinski definition) is 1. The molecule has 0 saturated carbocycles. The first-order valence-electron chi connectivity index (χ1n) is 6.97. The molecule has 0 radical (unpaired) electrons. The van der Waals surface area contributed by atoms with Crippen molar-refractivity contribution in [3.63, 3.8) is 0 Å². The van der Waals surface area contributed by atoms with Crippen molar-refractivity contribution in [2.45, 2.75) is 52.1 Å². The Kier molecular flexibility index (Phi) is 6.66. The predicted molar refractivity (Wildman–Crippen MR) is 79.9 cm³/mol. The molecule has 0 bridgehead atoms. The maximum absolute atomic E-state index is 10.8. The largest absolute Gasteiger partial charge is 0.491 e. The first kappa shape index (κ1) is 16.1. The molecule has 1 aromatic rings.